The lowest BCUT2D eigenvalue weighted by Crippen LogP contribution is -2.15. The Balaban J connectivity index is 2.93. The van der Waals surface area contributed by atoms with E-state index in [0.717, 1.165) is 37.8 Å². The molecule has 0 heterocycles. The Morgan fingerprint density at radius 3 is 2.64 bits per heavy atom. The van der Waals surface area contributed by atoms with E-state index in [4.69, 9.17) is 0 Å². The minimum Gasteiger partial charge on any atom is -0.423 e. The third-order valence-electron chi connectivity index (χ3n) is 3.03. The summed E-state index contributed by atoms with van der Waals surface area (Å²) in [6, 6.07) is 3.86. The van der Waals surface area contributed by atoms with E-state index in [-0.39, 0.29) is 5.69 Å². The van der Waals surface area contributed by atoms with Crippen molar-refractivity contribution in [2.45, 2.75) is 38.8 Å². The monoisotopic (exact) mass is 315 g/mol. The maximum absolute atomic E-state index is 13.2. The molecule has 3 nitrogen and oxygen atoms in total. The molecule has 0 spiro atoms. The molecular formula is C16H20F3NO2. The molecule has 1 aromatic carbocycles. The lowest BCUT2D eigenvalue weighted by atomic mass is 10.1. The molecule has 0 radical (unpaired) electrons. The number of halogens is 3. The third-order valence-corrected chi connectivity index (χ3v) is 3.03. The number of unbranched alkanes of at least 4 members (excludes halogenated alkanes) is 3. The highest BCUT2D eigenvalue weighted by molar-refractivity contribution is 5.84. The molecule has 0 fully saturated rings. The van der Waals surface area contributed by atoms with Crippen LogP contribution in [-0.4, -0.2) is 12.5 Å². The molecule has 1 aromatic rings. The highest BCUT2D eigenvalue weighted by Crippen LogP contribution is 2.41. The van der Waals surface area contributed by atoms with E-state index >= 15 is 0 Å². The van der Waals surface area contributed by atoms with Crippen molar-refractivity contribution in [1.29, 1.82) is 0 Å². The predicted octanol–water partition coefficient (Wildman–Crippen LogP) is 4.79. The number of alkyl halides is 3. The van der Waals surface area contributed by atoms with Gasteiger partial charge in [-0.2, -0.15) is 13.2 Å². The Labute approximate surface area is 128 Å². The van der Waals surface area contributed by atoms with E-state index in [1.54, 1.807) is 0 Å². The Kier molecular flexibility index (Phi) is 6.95. The smallest absolute Gasteiger partial charge is 0.421 e. The maximum Gasteiger partial charge on any atom is 0.421 e. The van der Waals surface area contributed by atoms with Crippen molar-refractivity contribution in [1.82, 2.24) is 0 Å². The van der Waals surface area contributed by atoms with Crippen molar-refractivity contribution < 1.29 is 22.7 Å². The quantitative estimate of drug-likeness (QED) is 0.324. The number of carbonyl (C=O) groups excluding carboxylic acids is 1. The summed E-state index contributed by atoms with van der Waals surface area (Å²) in [5, 5.41) is 2.77. The fourth-order valence-corrected chi connectivity index (χ4v) is 1.98. The lowest BCUT2D eigenvalue weighted by Gasteiger charge is -2.17. The number of benzene rings is 1. The van der Waals surface area contributed by atoms with Gasteiger partial charge in [0.25, 0.3) is 0 Å². The summed E-state index contributed by atoms with van der Waals surface area (Å²) in [4.78, 5) is 11.2. The van der Waals surface area contributed by atoms with Gasteiger partial charge in [0.05, 0.1) is 5.69 Å². The van der Waals surface area contributed by atoms with Gasteiger partial charge in [0.1, 0.15) is 11.3 Å². The van der Waals surface area contributed by atoms with Crippen LogP contribution < -0.4 is 10.1 Å². The van der Waals surface area contributed by atoms with Crippen LogP contribution in [0.2, 0.25) is 0 Å². The molecule has 6 heteroatoms. The molecule has 1 rings (SSSR count). The van der Waals surface area contributed by atoms with Gasteiger partial charge in [0, 0.05) is 12.6 Å². The molecule has 0 unspecified atom stereocenters. The van der Waals surface area contributed by atoms with Gasteiger partial charge >= 0.3 is 12.1 Å². The molecule has 1 N–H and O–H groups in total. The van der Waals surface area contributed by atoms with Gasteiger partial charge in [-0.25, -0.2) is 4.79 Å². The van der Waals surface area contributed by atoms with Gasteiger partial charge in [-0.05, 0) is 18.6 Å². The first-order valence-electron chi connectivity index (χ1n) is 7.18. The van der Waals surface area contributed by atoms with Crippen LogP contribution in [0.5, 0.6) is 5.75 Å². The molecule has 22 heavy (non-hydrogen) atoms. The summed E-state index contributed by atoms with van der Waals surface area (Å²) < 4.78 is 44.4. The molecule has 0 aliphatic rings. The molecule has 0 aromatic heterocycles. The van der Waals surface area contributed by atoms with Gasteiger partial charge < -0.3 is 10.1 Å². The number of carbonyl (C=O) groups is 1. The van der Waals surface area contributed by atoms with E-state index in [0.29, 0.717) is 6.54 Å². The topological polar surface area (TPSA) is 38.3 Å². The first-order valence-corrected chi connectivity index (χ1v) is 7.18. The van der Waals surface area contributed by atoms with Gasteiger partial charge in [0.2, 0.25) is 0 Å². The second kappa shape index (κ2) is 8.46. The third kappa shape index (κ3) is 5.42. The van der Waals surface area contributed by atoms with Crippen LogP contribution in [0.4, 0.5) is 18.9 Å². The molecule has 0 aliphatic carbocycles. The summed E-state index contributed by atoms with van der Waals surface area (Å²) in [5.74, 6) is -1.44. The predicted molar refractivity (Wildman–Crippen MR) is 79.9 cm³/mol. The van der Waals surface area contributed by atoms with Gasteiger partial charge in [-0.1, -0.05) is 38.8 Å². The van der Waals surface area contributed by atoms with Crippen LogP contribution in [0.15, 0.2) is 30.9 Å². The Morgan fingerprint density at radius 1 is 1.32 bits per heavy atom. The minimum atomic E-state index is -4.62. The Hall–Kier alpha value is -1.98. The fraction of sp³-hybridized carbons (Fsp3) is 0.438. The normalized spacial score (nSPS) is 11.1. The number of hydrogen-bond acceptors (Lipinski definition) is 3. The van der Waals surface area contributed by atoms with Crippen LogP contribution in [0.3, 0.4) is 0 Å². The maximum atomic E-state index is 13.2. The number of hydrogen-bond donors (Lipinski definition) is 1. The fourth-order valence-electron chi connectivity index (χ4n) is 1.98. The molecule has 0 bridgehead atoms. The molecule has 0 saturated carbocycles. The van der Waals surface area contributed by atoms with Crippen LogP contribution in [-0.2, 0) is 11.0 Å². The van der Waals surface area contributed by atoms with Gasteiger partial charge in [-0.3, -0.25) is 0 Å². The molecular weight excluding hydrogens is 295 g/mol. The molecule has 0 aliphatic heterocycles. The molecule has 0 atom stereocenters. The van der Waals surface area contributed by atoms with Crippen molar-refractivity contribution in [3.05, 3.63) is 36.4 Å². The summed E-state index contributed by atoms with van der Waals surface area (Å²) >= 11 is 0. The Morgan fingerprint density at radius 2 is 2.05 bits per heavy atom. The zero-order chi connectivity index (χ0) is 16.6. The average Bonchev–Trinajstić information content (AvgIpc) is 2.45. The number of ether oxygens (including phenoxy) is 1. The van der Waals surface area contributed by atoms with Gasteiger partial charge in [-0.15, -0.1) is 0 Å². The second-order valence-electron chi connectivity index (χ2n) is 4.79. The van der Waals surface area contributed by atoms with E-state index in [2.05, 4.69) is 23.6 Å². The summed E-state index contributed by atoms with van der Waals surface area (Å²) in [6.07, 6.45) is 0.0399. The molecule has 122 valence electrons. The Bertz CT molecular complexity index is 513. The molecule has 0 amide bonds. The SMILES string of the molecule is C=CC(=O)Oc1cccc(NCCCCCC)c1C(F)(F)F. The zero-order valence-corrected chi connectivity index (χ0v) is 12.5. The van der Waals surface area contributed by atoms with Crippen LogP contribution in [0, 0.1) is 0 Å². The standard InChI is InChI=1S/C16H20F3NO2/c1-3-5-6-7-11-20-12-9-8-10-13(22-14(21)4-2)15(12)16(17,18)19/h4,8-10,20H,2-3,5-7,11H2,1H3. The van der Waals surface area contributed by atoms with Crippen molar-refractivity contribution in [3.63, 3.8) is 0 Å². The lowest BCUT2D eigenvalue weighted by molar-refractivity contribution is -0.140. The van der Waals surface area contributed by atoms with E-state index in [1.165, 1.54) is 12.1 Å². The number of anilines is 1. The van der Waals surface area contributed by atoms with Gasteiger partial charge in [0.15, 0.2) is 0 Å². The number of esters is 1. The zero-order valence-electron chi connectivity index (χ0n) is 12.5. The molecule has 0 saturated heterocycles. The first-order chi connectivity index (χ1) is 10.4. The summed E-state index contributed by atoms with van der Waals surface area (Å²) in [7, 11) is 0. The average molecular weight is 315 g/mol. The van der Waals surface area contributed by atoms with Crippen LogP contribution in [0.1, 0.15) is 38.2 Å². The minimum absolute atomic E-state index is 0.0849. The van der Waals surface area contributed by atoms with Crippen LogP contribution >= 0.6 is 0 Å². The highest BCUT2D eigenvalue weighted by atomic mass is 19.4. The summed E-state index contributed by atoms with van der Waals surface area (Å²) in [5.41, 5.74) is -1.06. The van der Waals surface area contributed by atoms with Crippen molar-refractivity contribution in [2.75, 3.05) is 11.9 Å². The highest BCUT2D eigenvalue weighted by Gasteiger charge is 2.37. The second-order valence-corrected chi connectivity index (χ2v) is 4.79. The number of rotatable bonds is 8. The first kappa shape index (κ1) is 18.1. The number of nitrogens with one attached hydrogen (secondary N) is 1. The van der Waals surface area contributed by atoms with Crippen molar-refractivity contribution >= 4 is 11.7 Å². The van der Waals surface area contributed by atoms with Crippen molar-refractivity contribution in [3.8, 4) is 5.75 Å². The van der Waals surface area contributed by atoms with E-state index in [1.807, 2.05) is 0 Å². The van der Waals surface area contributed by atoms with Crippen molar-refractivity contribution in [2.24, 2.45) is 0 Å². The van der Waals surface area contributed by atoms with E-state index < -0.39 is 23.5 Å². The summed E-state index contributed by atoms with van der Waals surface area (Å²) in [6.45, 7) is 5.67. The van der Waals surface area contributed by atoms with Crippen LogP contribution in [0.25, 0.3) is 0 Å². The van der Waals surface area contributed by atoms with E-state index in [9.17, 15) is 18.0 Å². The largest absolute Gasteiger partial charge is 0.423 e.